The number of nitrogens with one attached hydrogen (secondary N) is 1. The number of hydrogen-bond acceptors (Lipinski definition) is 10. The average molecular weight is 613 g/mol. The van der Waals surface area contributed by atoms with E-state index in [9.17, 15) is 19.2 Å². The lowest BCUT2D eigenvalue weighted by molar-refractivity contribution is -0.143. The third kappa shape index (κ3) is 6.20. The van der Waals surface area contributed by atoms with Crippen molar-refractivity contribution in [2.75, 3.05) is 25.7 Å². The van der Waals surface area contributed by atoms with Gasteiger partial charge in [-0.2, -0.15) is 5.10 Å². The molecule has 2 aromatic heterocycles. The lowest BCUT2D eigenvalue weighted by Crippen LogP contribution is -2.43. The Kier molecular flexibility index (Phi) is 8.83. The van der Waals surface area contributed by atoms with E-state index in [0.717, 1.165) is 5.56 Å². The number of aryl methyl sites for hydroxylation is 2. The summed E-state index contributed by atoms with van der Waals surface area (Å²) in [5.74, 6) is -2.34. The maximum atomic E-state index is 14.1. The van der Waals surface area contributed by atoms with Crippen molar-refractivity contribution in [3.63, 3.8) is 0 Å². The highest BCUT2D eigenvalue weighted by molar-refractivity contribution is 6.20. The van der Waals surface area contributed by atoms with Crippen molar-refractivity contribution in [3.05, 3.63) is 94.6 Å². The Labute approximate surface area is 258 Å². The SMILES string of the molecule is COC(=O)CN1C(=O)C(n2cc(C[C@@H](NC(=O)c3c(C)nn(C)c3C)C(=O)OC)nn2)N=C(c2ccccc2)c2ccccc21. The summed E-state index contributed by atoms with van der Waals surface area (Å²) in [6.45, 7) is 3.10. The van der Waals surface area contributed by atoms with Crippen LogP contribution in [0.2, 0.25) is 0 Å². The Morgan fingerprint density at radius 2 is 1.71 bits per heavy atom. The number of hydrogen-bond donors (Lipinski definition) is 1. The zero-order valence-electron chi connectivity index (χ0n) is 25.4. The quantitative estimate of drug-likeness (QED) is 0.277. The van der Waals surface area contributed by atoms with Crippen LogP contribution in [0.4, 0.5) is 5.69 Å². The van der Waals surface area contributed by atoms with Crippen LogP contribution in [0.25, 0.3) is 0 Å². The van der Waals surface area contributed by atoms with Crippen LogP contribution in [0.3, 0.4) is 0 Å². The van der Waals surface area contributed by atoms with Crippen molar-refractivity contribution in [1.29, 1.82) is 0 Å². The molecule has 45 heavy (non-hydrogen) atoms. The van der Waals surface area contributed by atoms with Crippen molar-refractivity contribution in [2.24, 2.45) is 12.0 Å². The first-order chi connectivity index (χ1) is 21.6. The van der Waals surface area contributed by atoms with Gasteiger partial charge in [0.15, 0.2) is 0 Å². The molecule has 14 heteroatoms. The van der Waals surface area contributed by atoms with Gasteiger partial charge in [0.25, 0.3) is 11.8 Å². The first-order valence-electron chi connectivity index (χ1n) is 14.0. The highest BCUT2D eigenvalue weighted by Crippen LogP contribution is 2.31. The number of benzodiazepines with no additional fused rings is 1. The summed E-state index contributed by atoms with van der Waals surface area (Å²) in [6.07, 6.45) is 0.133. The zero-order chi connectivity index (χ0) is 32.2. The fourth-order valence-electron chi connectivity index (χ4n) is 5.17. The van der Waals surface area contributed by atoms with Gasteiger partial charge >= 0.3 is 11.9 Å². The molecule has 232 valence electrons. The molecule has 1 aliphatic heterocycles. The topological polar surface area (TPSA) is 163 Å². The number of fused-ring (bicyclic) bond motifs is 1. The van der Waals surface area contributed by atoms with Crippen molar-refractivity contribution >= 4 is 35.2 Å². The number of carbonyl (C=O) groups is 4. The van der Waals surface area contributed by atoms with Crippen molar-refractivity contribution in [3.8, 4) is 0 Å². The minimum absolute atomic E-state index is 0.0843. The van der Waals surface area contributed by atoms with Crippen LogP contribution in [-0.2, 0) is 37.3 Å². The number of benzene rings is 2. The normalized spacial score (nSPS) is 15.0. The molecule has 1 N–H and O–H groups in total. The van der Waals surface area contributed by atoms with Crippen LogP contribution < -0.4 is 10.2 Å². The molecule has 0 radical (unpaired) electrons. The molecule has 1 aliphatic rings. The third-order valence-corrected chi connectivity index (χ3v) is 7.50. The number of rotatable bonds is 9. The molecule has 4 aromatic rings. The molecule has 2 aromatic carbocycles. The van der Waals surface area contributed by atoms with Crippen molar-refractivity contribution in [1.82, 2.24) is 30.1 Å². The number of aromatic nitrogens is 5. The molecule has 3 heterocycles. The number of nitrogens with zero attached hydrogens (tertiary/aromatic N) is 7. The van der Waals surface area contributed by atoms with E-state index in [2.05, 4.69) is 20.7 Å². The minimum Gasteiger partial charge on any atom is -0.468 e. The van der Waals surface area contributed by atoms with Crippen molar-refractivity contribution < 1.29 is 28.7 Å². The van der Waals surface area contributed by atoms with Crippen LogP contribution in [0.1, 0.15) is 44.7 Å². The Balaban J connectivity index is 1.51. The van der Waals surface area contributed by atoms with Gasteiger partial charge in [-0.05, 0) is 19.9 Å². The number of aliphatic imine (C=N–C) groups is 1. The number of anilines is 1. The van der Waals surface area contributed by atoms with Gasteiger partial charge in [-0.3, -0.25) is 24.0 Å². The summed E-state index contributed by atoms with van der Waals surface area (Å²) in [5.41, 5.74) is 4.16. The third-order valence-electron chi connectivity index (χ3n) is 7.50. The summed E-state index contributed by atoms with van der Waals surface area (Å²) < 4.78 is 12.7. The molecular formula is C31H32N8O6. The predicted octanol–water partition coefficient (Wildman–Crippen LogP) is 1.70. The van der Waals surface area contributed by atoms with E-state index >= 15 is 0 Å². The Morgan fingerprint density at radius 3 is 2.38 bits per heavy atom. The number of ether oxygens (including phenoxy) is 2. The second-order valence-electron chi connectivity index (χ2n) is 10.3. The fourth-order valence-corrected chi connectivity index (χ4v) is 5.17. The van der Waals surface area contributed by atoms with E-state index in [1.54, 1.807) is 37.7 Å². The van der Waals surface area contributed by atoms with E-state index in [4.69, 9.17) is 14.5 Å². The summed E-state index contributed by atoms with van der Waals surface area (Å²) in [6, 6.07) is 15.4. The number of methoxy groups -OCH3 is 2. The molecule has 0 bridgehead atoms. The van der Waals surface area contributed by atoms with Crippen LogP contribution in [0, 0.1) is 13.8 Å². The maximum Gasteiger partial charge on any atom is 0.328 e. The molecule has 0 spiro atoms. The number of esters is 2. The molecule has 1 unspecified atom stereocenters. The second-order valence-corrected chi connectivity index (χ2v) is 10.3. The van der Waals surface area contributed by atoms with Gasteiger partial charge in [0.05, 0.1) is 48.8 Å². The number of carbonyl (C=O) groups excluding carboxylic acids is 4. The standard InChI is InChI=1S/C31H32N8O6/c1-18-26(19(2)37(3)35-18)29(41)32-23(31(43)45-5)15-21-16-39(36-34-21)28-30(42)38(17-25(40)44-4)24-14-10-9-13-22(24)27(33-28)20-11-7-6-8-12-20/h6-14,16,23,28H,15,17H2,1-5H3,(H,32,41)/t23-,28?/m1/s1. The number of para-hydroxylation sites is 1. The average Bonchev–Trinajstić information content (AvgIpc) is 3.58. The smallest absolute Gasteiger partial charge is 0.328 e. The Bertz CT molecular complexity index is 1790. The minimum atomic E-state index is -1.26. The van der Waals surface area contributed by atoms with Crippen LogP contribution in [-0.4, -0.2) is 81.0 Å². The molecule has 0 saturated carbocycles. The summed E-state index contributed by atoms with van der Waals surface area (Å²) in [4.78, 5) is 58.5. The highest BCUT2D eigenvalue weighted by Gasteiger charge is 2.35. The lowest BCUT2D eigenvalue weighted by Gasteiger charge is -2.23. The lowest BCUT2D eigenvalue weighted by atomic mass is 10.0. The van der Waals surface area contributed by atoms with Crippen LogP contribution in [0.5, 0.6) is 0 Å². The fraction of sp³-hybridized carbons (Fsp3) is 0.290. The summed E-state index contributed by atoms with van der Waals surface area (Å²) in [7, 11) is 4.19. The molecule has 0 saturated heterocycles. The molecule has 0 fully saturated rings. The Hall–Kier alpha value is -5.66. The van der Waals surface area contributed by atoms with Gasteiger partial charge < -0.3 is 14.8 Å². The van der Waals surface area contributed by atoms with E-state index in [-0.39, 0.29) is 18.7 Å². The van der Waals surface area contributed by atoms with E-state index in [1.165, 1.54) is 30.0 Å². The largest absolute Gasteiger partial charge is 0.468 e. The monoisotopic (exact) mass is 612 g/mol. The van der Waals surface area contributed by atoms with Gasteiger partial charge in [0, 0.05) is 30.3 Å². The first kappa shape index (κ1) is 30.8. The molecule has 2 amide bonds. The van der Waals surface area contributed by atoms with E-state index in [0.29, 0.717) is 33.9 Å². The highest BCUT2D eigenvalue weighted by atomic mass is 16.5. The molecule has 14 nitrogen and oxygen atoms in total. The van der Waals surface area contributed by atoms with Crippen LogP contribution in [0.15, 0.2) is 65.8 Å². The first-order valence-corrected chi connectivity index (χ1v) is 14.0. The van der Waals surface area contributed by atoms with Gasteiger partial charge in [-0.1, -0.05) is 53.7 Å². The summed E-state index contributed by atoms with van der Waals surface area (Å²) >= 11 is 0. The van der Waals surface area contributed by atoms with Gasteiger partial charge in [-0.15, -0.1) is 5.10 Å². The predicted molar refractivity (Wildman–Crippen MR) is 162 cm³/mol. The van der Waals surface area contributed by atoms with Gasteiger partial charge in [-0.25, -0.2) is 14.5 Å². The second kappa shape index (κ2) is 12.9. The van der Waals surface area contributed by atoms with E-state index < -0.39 is 36.0 Å². The molecule has 5 rings (SSSR count). The molecule has 0 aliphatic carbocycles. The Morgan fingerprint density at radius 1 is 1.00 bits per heavy atom. The zero-order valence-corrected chi connectivity index (χ0v) is 25.4. The number of amides is 2. The van der Waals surface area contributed by atoms with Crippen LogP contribution >= 0.6 is 0 Å². The maximum absolute atomic E-state index is 14.1. The molecular weight excluding hydrogens is 580 g/mol. The van der Waals surface area contributed by atoms with Crippen molar-refractivity contribution in [2.45, 2.75) is 32.5 Å². The summed E-state index contributed by atoms with van der Waals surface area (Å²) in [5, 5.41) is 15.3. The van der Waals surface area contributed by atoms with E-state index in [1.807, 2.05) is 42.5 Å². The van der Waals surface area contributed by atoms with Gasteiger partial charge in [0.1, 0.15) is 12.6 Å². The molecule has 2 atom stereocenters. The van der Waals surface area contributed by atoms with Gasteiger partial charge in [0.2, 0.25) is 6.17 Å².